The van der Waals surface area contributed by atoms with E-state index < -0.39 is 0 Å². The normalized spacial score (nSPS) is 11.1. The van der Waals surface area contributed by atoms with E-state index in [2.05, 4.69) is 25.8 Å². The molecule has 0 unspecified atom stereocenters. The molecule has 0 N–H and O–H groups in total. The van der Waals surface area contributed by atoms with Crippen molar-refractivity contribution in [2.24, 2.45) is 0 Å². The molecule has 0 aliphatic carbocycles. The summed E-state index contributed by atoms with van der Waals surface area (Å²) >= 11 is 7.68. The van der Waals surface area contributed by atoms with Crippen LogP contribution in [0.5, 0.6) is 5.88 Å². The Morgan fingerprint density at radius 1 is 1.42 bits per heavy atom. The van der Waals surface area contributed by atoms with Gasteiger partial charge in [-0.1, -0.05) is 0 Å². The monoisotopic (exact) mass is 300 g/mol. The van der Waals surface area contributed by atoms with Crippen molar-refractivity contribution in [2.45, 2.75) is 19.4 Å². The van der Waals surface area contributed by atoms with Gasteiger partial charge in [-0.15, -0.1) is 11.6 Å². The van der Waals surface area contributed by atoms with E-state index in [0.29, 0.717) is 17.3 Å². The third-order valence-corrected chi connectivity index (χ3v) is 3.71. The molecule has 0 aliphatic heterocycles. The summed E-state index contributed by atoms with van der Waals surface area (Å²) in [6.07, 6.45) is 5.42. The third kappa shape index (κ3) is 3.12. The van der Waals surface area contributed by atoms with Crippen LogP contribution in [0.4, 0.5) is 0 Å². The zero-order chi connectivity index (χ0) is 13.7. The molecule has 7 heteroatoms. The standard InChI is InChI=1S/C12H17ClN4OS/c1-18-12-10-11(14-8-15-12)17(6-3-7-19-2)9(16-10)4-5-13/h8H,3-7H2,1-2H3. The fourth-order valence-electron chi connectivity index (χ4n) is 1.99. The Morgan fingerprint density at radius 2 is 2.26 bits per heavy atom. The zero-order valence-electron chi connectivity index (χ0n) is 11.1. The van der Waals surface area contributed by atoms with Crippen molar-refractivity contribution in [2.75, 3.05) is 25.0 Å². The van der Waals surface area contributed by atoms with Crippen LogP contribution < -0.4 is 4.74 Å². The van der Waals surface area contributed by atoms with E-state index in [1.165, 1.54) is 6.33 Å². The topological polar surface area (TPSA) is 52.8 Å². The van der Waals surface area contributed by atoms with Crippen LogP contribution in [0, 0.1) is 0 Å². The summed E-state index contributed by atoms with van der Waals surface area (Å²) in [5.74, 6) is 3.12. The highest BCUT2D eigenvalue weighted by molar-refractivity contribution is 7.98. The van der Waals surface area contributed by atoms with Crippen molar-refractivity contribution >= 4 is 34.5 Å². The fraction of sp³-hybridized carbons (Fsp3) is 0.583. The number of aryl methyl sites for hydroxylation is 2. The maximum Gasteiger partial charge on any atom is 0.245 e. The van der Waals surface area contributed by atoms with E-state index in [1.807, 2.05) is 11.8 Å². The van der Waals surface area contributed by atoms with Crippen LogP contribution in [0.15, 0.2) is 6.33 Å². The summed E-state index contributed by atoms with van der Waals surface area (Å²) in [7, 11) is 1.59. The first-order valence-corrected chi connectivity index (χ1v) is 8.03. The molecule has 2 rings (SSSR count). The molecule has 0 saturated carbocycles. The van der Waals surface area contributed by atoms with Crippen molar-refractivity contribution in [1.82, 2.24) is 19.5 Å². The predicted octanol–water partition coefficient (Wildman–Crippen LogP) is 2.37. The van der Waals surface area contributed by atoms with Crippen molar-refractivity contribution in [1.29, 1.82) is 0 Å². The molecule has 2 aromatic rings. The van der Waals surface area contributed by atoms with Gasteiger partial charge in [0.25, 0.3) is 0 Å². The van der Waals surface area contributed by atoms with Gasteiger partial charge in [0.2, 0.25) is 5.88 Å². The Labute approximate surface area is 121 Å². The number of thioether (sulfide) groups is 1. The molecular formula is C12H17ClN4OS. The first kappa shape index (κ1) is 14.4. The molecule has 19 heavy (non-hydrogen) atoms. The van der Waals surface area contributed by atoms with Crippen LogP contribution in [-0.2, 0) is 13.0 Å². The summed E-state index contributed by atoms with van der Waals surface area (Å²) in [5, 5.41) is 0. The molecule has 5 nitrogen and oxygen atoms in total. The van der Waals surface area contributed by atoms with E-state index in [0.717, 1.165) is 36.6 Å². The van der Waals surface area contributed by atoms with Gasteiger partial charge in [-0.2, -0.15) is 16.7 Å². The highest BCUT2D eigenvalue weighted by Gasteiger charge is 2.15. The molecule has 0 saturated heterocycles. The summed E-state index contributed by atoms with van der Waals surface area (Å²) < 4.78 is 7.36. The second-order valence-electron chi connectivity index (χ2n) is 4.02. The van der Waals surface area contributed by atoms with Crippen LogP contribution in [0.1, 0.15) is 12.2 Å². The molecule has 0 radical (unpaired) electrons. The molecule has 0 bridgehead atoms. The van der Waals surface area contributed by atoms with Gasteiger partial charge in [0, 0.05) is 18.8 Å². The number of nitrogens with zero attached hydrogens (tertiary/aromatic N) is 4. The average molecular weight is 301 g/mol. The molecule has 2 aromatic heterocycles. The lowest BCUT2D eigenvalue weighted by molar-refractivity contribution is 0.401. The number of halogens is 1. The number of imidazole rings is 1. The molecule has 2 heterocycles. The minimum absolute atomic E-state index is 0.518. The minimum Gasteiger partial charge on any atom is -0.479 e. The lowest BCUT2D eigenvalue weighted by Crippen LogP contribution is -2.06. The highest BCUT2D eigenvalue weighted by atomic mass is 35.5. The maximum absolute atomic E-state index is 5.85. The first-order valence-electron chi connectivity index (χ1n) is 6.10. The van der Waals surface area contributed by atoms with Gasteiger partial charge in [-0.25, -0.2) is 9.97 Å². The minimum atomic E-state index is 0.518. The van der Waals surface area contributed by atoms with E-state index in [-0.39, 0.29) is 0 Å². The average Bonchev–Trinajstić information content (AvgIpc) is 2.77. The number of methoxy groups -OCH3 is 1. The van der Waals surface area contributed by atoms with Gasteiger partial charge in [-0.05, 0) is 18.4 Å². The van der Waals surface area contributed by atoms with Gasteiger partial charge in [-0.3, -0.25) is 0 Å². The molecule has 104 valence electrons. The summed E-state index contributed by atoms with van der Waals surface area (Å²) in [4.78, 5) is 13.0. The number of ether oxygens (including phenoxy) is 1. The van der Waals surface area contributed by atoms with Crippen LogP contribution >= 0.6 is 23.4 Å². The summed E-state index contributed by atoms with van der Waals surface area (Å²) in [6, 6.07) is 0. The van der Waals surface area contributed by atoms with Crippen LogP contribution in [0.2, 0.25) is 0 Å². The molecular weight excluding hydrogens is 284 g/mol. The van der Waals surface area contributed by atoms with Gasteiger partial charge in [0.1, 0.15) is 12.2 Å². The van der Waals surface area contributed by atoms with Crippen molar-refractivity contribution in [3.63, 3.8) is 0 Å². The first-order chi connectivity index (χ1) is 9.31. The summed E-state index contributed by atoms with van der Waals surface area (Å²) in [6.45, 7) is 0.893. The highest BCUT2D eigenvalue weighted by Crippen LogP contribution is 2.22. The van der Waals surface area contributed by atoms with Crippen molar-refractivity contribution in [3.05, 3.63) is 12.2 Å². The summed E-state index contributed by atoms with van der Waals surface area (Å²) in [5.41, 5.74) is 1.54. The Balaban J connectivity index is 2.41. The number of rotatable bonds is 7. The SMILES string of the molecule is COc1ncnc2c1nc(CCCl)n2CCCSC. The largest absolute Gasteiger partial charge is 0.479 e. The smallest absolute Gasteiger partial charge is 0.245 e. The quantitative estimate of drug-likeness (QED) is 0.580. The van der Waals surface area contributed by atoms with Crippen molar-refractivity contribution < 1.29 is 4.74 Å². The second kappa shape index (κ2) is 6.96. The number of hydrogen-bond acceptors (Lipinski definition) is 5. The number of hydrogen-bond donors (Lipinski definition) is 0. The van der Waals surface area contributed by atoms with Gasteiger partial charge in [0.05, 0.1) is 7.11 Å². The zero-order valence-corrected chi connectivity index (χ0v) is 12.7. The second-order valence-corrected chi connectivity index (χ2v) is 5.38. The van der Waals surface area contributed by atoms with Gasteiger partial charge < -0.3 is 9.30 Å². The lowest BCUT2D eigenvalue weighted by Gasteiger charge is -2.07. The Morgan fingerprint density at radius 3 is 2.95 bits per heavy atom. The van der Waals surface area contributed by atoms with Gasteiger partial charge in [0.15, 0.2) is 11.2 Å². The molecule has 0 amide bonds. The third-order valence-electron chi connectivity index (χ3n) is 2.82. The van der Waals surface area contributed by atoms with Crippen LogP contribution in [0.25, 0.3) is 11.2 Å². The van der Waals surface area contributed by atoms with Crippen molar-refractivity contribution in [3.8, 4) is 5.88 Å². The Kier molecular flexibility index (Phi) is 5.27. The van der Waals surface area contributed by atoms with E-state index in [4.69, 9.17) is 16.3 Å². The van der Waals surface area contributed by atoms with E-state index in [1.54, 1.807) is 7.11 Å². The van der Waals surface area contributed by atoms with Gasteiger partial charge >= 0.3 is 0 Å². The van der Waals surface area contributed by atoms with Crippen LogP contribution in [0.3, 0.4) is 0 Å². The van der Waals surface area contributed by atoms with E-state index in [9.17, 15) is 0 Å². The Bertz CT molecular complexity index is 546. The van der Waals surface area contributed by atoms with E-state index >= 15 is 0 Å². The predicted molar refractivity (Wildman–Crippen MR) is 79.3 cm³/mol. The number of alkyl halides is 1. The fourth-order valence-corrected chi connectivity index (χ4v) is 2.57. The number of aromatic nitrogens is 4. The molecule has 0 aliphatic rings. The maximum atomic E-state index is 5.85. The molecule has 0 fully saturated rings. The molecule has 0 spiro atoms. The molecule has 0 atom stereocenters. The number of fused-ring (bicyclic) bond motifs is 1. The van der Waals surface area contributed by atoms with Crippen LogP contribution in [-0.4, -0.2) is 44.5 Å². The molecule has 0 aromatic carbocycles. The lowest BCUT2D eigenvalue weighted by atomic mass is 10.4. The Hall–Kier alpha value is -1.01.